The minimum atomic E-state index is 0. The average Bonchev–Trinajstić information content (AvgIpc) is 2.67. The third kappa shape index (κ3) is 13.4. The van der Waals surface area contributed by atoms with Crippen LogP contribution in [-0.4, -0.2) is 26.4 Å². The van der Waals surface area contributed by atoms with Crippen LogP contribution in [0, 0.1) is 0 Å². The first-order chi connectivity index (χ1) is 5.00. The van der Waals surface area contributed by atoms with Crippen LogP contribution in [0.3, 0.4) is 0 Å². The zero-order valence-corrected chi connectivity index (χ0v) is 12.8. The van der Waals surface area contributed by atoms with Gasteiger partial charge in [-0.3, -0.25) is 0 Å². The molecule has 5 heteroatoms. The van der Waals surface area contributed by atoms with Gasteiger partial charge in [0.25, 0.3) is 0 Å². The van der Waals surface area contributed by atoms with Crippen molar-refractivity contribution in [1.29, 1.82) is 0 Å². The van der Waals surface area contributed by atoms with Crippen LogP contribution in [0.15, 0.2) is 0 Å². The number of halogens is 2. The Balaban J connectivity index is -0.000000125. The van der Waals surface area contributed by atoms with E-state index < -0.39 is 0 Å². The fourth-order valence-electron chi connectivity index (χ4n) is 1.02. The van der Waals surface area contributed by atoms with Crippen LogP contribution in [0.1, 0.15) is 25.7 Å². The van der Waals surface area contributed by atoms with E-state index in [1.807, 2.05) is 0 Å². The van der Waals surface area contributed by atoms with Gasteiger partial charge in [0.2, 0.25) is 0 Å². The normalized spacial score (nSPS) is 18.5. The summed E-state index contributed by atoms with van der Waals surface area (Å²) in [7, 11) is 0. The van der Waals surface area contributed by atoms with Gasteiger partial charge < -0.3 is 34.3 Å². The summed E-state index contributed by atoms with van der Waals surface area (Å²) in [6, 6.07) is 0. The molecule has 0 bridgehead atoms. The van der Waals surface area contributed by atoms with Crippen molar-refractivity contribution in [2.75, 3.05) is 26.4 Å². The van der Waals surface area contributed by atoms with Crippen molar-refractivity contribution >= 4 is 0 Å². The van der Waals surface area contributed by atoms with E-state index in [1.54, 1.807) is 0 Å². The number of hydrogen-bond acceptors (Lipinski definition) is 2. The summed E-state index contributed by atoms with van der Waals surface area (Å²) in [6.07, 6.45) is 5.11. The number of ether oxygens (including phenoxy) is 2. The minimum absolute atomic E-state index is 0. The topological polar surface area (TPSA) is 18.5 Å². The van der Waals surface area contributed by atoms with Gasteiger partial charge in [-0.15, -0.1) is 0 Å². The Morgan fingerprint density at radius 2 is 0.769 bits per heavy atom. The molecule has 0 unspecified atom stereocenters. The third-order valence-electron chi connectivity index (χ3n) is 1.65. The Kier molecular flexibility index (Phi) is 24.2. The molecule has 13 heavy (non-hydrogen) atoms. The van der Waals surface area contributed by atoms with Gasteiger partial charge in [-0.1, -0.05) is 0 Å². The largest absolute Gasteiger partial charge is 1.00 e. The molecule has 2 saturated heterocycles. The Morgan fingerprint density at radius 1 is 0.538 bits per heavy atom. The molecule has 2 fully saturated rings. The van der Waals surface area contributed by atoms with Crippen LogP contribution in [-0.2, 0) is 35.3 Å². The van der Waals surface area contributed by atoms with Crippen LogP contribution in [0.2, 0.25) is 0 Å². The van der Waals surface area contributed by atoms with E-state index in [2.05, 4.69) is 0 Å². The first-order valence-corrected chi connectivity index (χ1v) is 4.15. The molecule has 0 aliphatic carbocycles. The third-order valence-corrected chi connectivity index (χ3v) is 1.65. The maximum absolute atomic E-state index is 4.94. The summed E-state index contributed by atoms with van der Waals surface area (Å²) in [5.74, 6) is 0. The Hall–Kier alpha value is 1.37. The predicted octanol–water partition coefficient (Wildman–Crippen LogP) is -4.40. The molecule has 0 saturated carbocycles. The maximum Gasteiger partial charge on any atom is 0.0466 e. The molecule has 0 radical (unpaired) electrons. The quantitative estimate of drug-likeness (QED) is 0.387. The van der Waals surface area contributed by atoms with E-state index in [9.17, 15) is 0 Å². The second-order valence-corrected chi connectivity index (χ2v) is 2.64. The standard InChI is InChI=1S/2C4H8O.2ClH.Hf/c2*1-2-4-5-3-1;;;/h2*1-4H2;2*1H;/p-2. The molecule has 0 aromatic rings. The molecule has 2 aliphatic rings. The van der Waals surface area contributed by atoms with Gasteiger partial charge in [-0.25, -0.2) is 0 Å². The van der Waals surface area contributed by atoms with Crippen molar-refractivity contribution < 1.29 is 60.1 Å². The Labute approximate surface area is 112 Å². The molecule has 0 aromatic heterocycles. The average molecular weight is 394 g/mol. The molecule has 0 amide bonds. The van der Waals surface area contributed by atoms with Crippen molar-refractivity contribution in [3.8, 4) is 0 Å². The van der Waals surface area contributed by atoms with E-state index in [1.165, 1.54) is 25.7 Å². The SMILES string of the molecule is C1CCOC1.C1CCOC1.[Cl-].[Cl-].[Hf]. The van der Waals surface area contributed by atoms with E-state index in [4.69, 9.17) is 9.47 Å². The summed E-state index contributed by atoms with van der Waals surface area (Å²) in [5.41, 5.74) is 0. The van der Waals surface area contributed by atoms with Gasteiger partial charge in [0, 0.05) is 52.3 Å². The van der Waals surface area contributed by atoms with E-state index in [-0.39, 0.29) is 50.7 Å². The van der Waals surface area contributed by atoms with Crippen LogP contribution in [0.4, 0.5) is 0 Å². The van der Waals surface area contributed by atoms with Gasteiger partial charge >= 0.3 is 0 Å². The van der Waals surface area contributed by atoms with Crippen LogP contribution in [0.25, 0.3) is 0 Å². The molecular weight excluding hydrogens is 377 g/mol. The van der Waals surface area contributed by atoms with Gasteiger partial charge in [0.1, 0.15) is 0 Å². The van der Waals surface area contributed by atoms with E-state index >= 15 is 0 Å². The van der Waals surface area contributed by atoms with Crippen molar-refractivity contribution in [1.82, 2.24) is 0 Å². The Morgan fingerprint density at radius 3 is 0.846 bits per heavy atom. The summed E-state index contributed by atoms with van der Waals surface area (Å²) in [6.45, 7) is 4.00. The smallest absolute Gasteiger partial charge is 0.0466 e. The van der Waals surface area contributed by atoms with Crippen molar-refractivity contribution in [2.24, 2.45) is 0 Å². The van der Waals surface area contributed by atoms with Gasteiger partial charge in [0.15, 0.2) is 0 Å². The monoisotopic (exact) mass is 394 g/mol. The molecule has 0 aromatic carbocycles. The van der Waals surface area contributed by atoms with Crippen LogP contribution in [0.5, 0.6) is 0 Å². The molecule has 80 valence electrons. The van der Waals surface area contributed by atoms with Gasteiger partial charge in [-0.2, -0.15) is 0 Å². The summed E-state index contributed by atoms with van der Waals surface area (Å²) < 4.78 is 9.89. The molecule has 0 atom stereocenters. The Bertz CT molecular complexity index is 53.3. The number of rotatable bonds is 0. The predicted molar refractivity (Wildman–Crippen MR) is 40.1 cm³/mol. The van der Waals surface area contributed by atoms with Crippen LogP contribution < -0.4 is 24.8 Å². The van der Waals surface area contributed by atoms with Gasteiger partial charge in [0.05, 0.1) is 0 Å². The molecule has 2 aliphatic heterocycles. The molecule has 0 spiro atoms. The summed E-state index contributed by atoms with van der Waals surface area (Å²) in [5, 5.41) is 0. The summed E-state index contributed by atoms with van der Waals surface area (Å²) in [4.78, 5) is 0. The number of hydrogen-bond donors (Lipinski definition) is 0. The van der Waals surface area contributed by atoms with Crippen molar-refractivity contribution in [3.05, 3.63) is 0 Å². The zero-order chi connectivity index (χ0) is 7.07. The van der Waals surface area contributed by atoms with Gasteiger partial charge in [-0.05, 0) is 25.7 Å². The fourth-order valence-corrected chi connectivity index (χ4v) is 1.02. The first-order valence-electron chi connectivity index (χ1n) is 4.15. The maximum atomic E-state index is 4.94. The molecule has 0 N–H and O–H groups in total. The second kappa shape index (κ2) is 15.8. The van der Waals surface area contributed by atoms with E-state index in [0.29, 0.717) is 0 Å². The molecule has 2 rings (SSSR count). The van der Waals surface area contributed by atoms with Crippen molar-refractivity contribution in [3.63, 3.8) is 0 Å². The molecular formula is C8H16Cl2HfO2-2. The summed E-state index contributed by atoms with van der Waals surface area (Å²) >= 11 is 0. The van der Waals surface area contributed by atoms with Crippen molar-refractivity contribution in [2.45, 2.75) is 25.7 Å². The van der Waals surface area contributed by atoms with E-state index in [0.717, 1.165) is 26.4 Å². The fraction of sp³-hybridized carbons (Fsp3) is 1.00. The minimum Gasteiger partial charge on any atom is -1.00 e. The second-order valence-electron chi connectivity index (χ2n) is 2.64. The molecule has 2 nitrogen and oxygen atoms in total. The first kappa shape index (κ1) is 19.9. The zero-order valence-electron chi connectivity index (χ0n) is 7.73. The van der Waals surface area contributed by atoms with Crippen LogP contribution >= 0.6 is 0 Å². The molecule has 2 heterocycles.